The molecule has 0 bridgehead atoms. The molecule has 2 rings (SSSR count). The predicted octanol–water partition coefficient (Wildman–Crippen LogP) is -0.186. The van der Waals surface area contributed by atoms with Crippen molar-refractivity contribution in [2.24, 2.45) is 0 Å². The summed E-state index contributed by atoms with van der Waals surface area (Å²) in [6, 6.07) is 9.25. The third kappa shape index (κ3) is 4.01. The second-order valence-corrected chi connectivity index (χ2v) is 6.88. The number of rotatable bonds is 5. The summed E-state index contributed by atoms with van der Waals surface area (Å²) < 4.78 is 32.3. The zero-order valence-corrected chi connectivity index (χ0v) is 12.8. The average Bonchev–Trinajstić information content (AvgIpc) is 2.47. The number of carbonyl (C=O) groups excluding carboxylic acids is 1. The van der Waals surface area contributed by atoms with Gasteiger partial charge in [0.05, 0.1) is 12.6 Å². The first-order valence-corrected chi connectivity index (χ1v) is 7.98. The van der Waals surface area contributed by atoms with Crippen molar-refractivity contribution in [1.82, 2.24) is 9.03 Å². The van der Waals surface area contributed by atoms with Gasteiger partial charge in [0, 0.05) is 26.3 Å². The summed E-state index contributed by atoms with van der Waals surface area (Å²) in [4.78, 5) is 13.5. The van der Waals surface area contributed by atoms with Crippen LogP contribution in [0, 0.1) is 0 Å². The van der Waals surface area contributed by atoms with Crippen LogP contribution in [0.25, 0.3) is 0 Å². The van der Waals surface area contributed by atoms with Crippen LogP contribution >= 0.6 is 0 Å². The van der Waals surface area contributed by atoms with Gasteiger partial charge in [0.2, 0.25) is 0 Å². The van der Waals surface area contributed by atoms with E-state index in [1.54, 1.807) is 4.90 Å². The Kier molecular flexibility index (Phi) is 4.94. The SMILES string of the molecule is CN(C)S(=O)(=O)NCC1CN(c2ccccc2)C(=O)CO1. The minimum absolute atomic E-state index is 0.0523. The van der Waals surface area contributed by atoms with Crippen molar-refractivity contribution >= 4 is 21.8 Å². The van der Waals surface area contributed by atoms with E-state index in [4.69, 9.17) is 4.74 Å². The molecule has 1 aliphatic rings. The number of ether oxygens (including phenoxy) is 1. The molecule has 1 N–H and O–H groups in total. The molecule has 1 aliphatic heterocycles. The van der Waals surface area contributed by atoms with E-state index in [0.29, 0.717) is 6.54 Å². The summed E-state index contributed by atoms with van der Waals surface area (Å²) in [7, 11) is -0.597. The lowest BCUT2D eigenvalue weighted by Crippen LogP contribution is -2.51. The van der Waals surface area contributed by atoms with Crippen LogP contribution < -0.4 is 9.62 Å². The second-order valence-electron chi connectivity index (χ2n) is 4.91. The van der Waals surface area contributed by atoms with E-state index < -0.39 is 10.2 Å². The first kappa shape index (κ1) is 15.9. The Bertz CT molecular complexity index is 589. The highest BCUT2D eigenvalue weighted by molar-refractivity contribution is 7.87. The van der Waals surface area contributed by atoms with Gasteiger partial charge in [-0.05, 0) is 12.1 Å². The Balaban J connectivity index is 2.00. The maximum absolute atomic E-state index is 11.9. The lowest BCUT2D eigenvalue weighted by Gasteiger charge is -2.33. The molecule has 21 heavy (non-hydrogen) atoms. The zero-order valence-electron chi connectivity index (χ0n) is 12.0. The fourth-order valence-electron chi connectivity index (χ4n) is 1.93. The number of benzene rings is 1. The summed E-state index contributed by atoms with van der Waals surface area (Å²) in [6.07, 6.45) is -0.377. The van der Waals surface area contributed by atoms with Gasteiger partial charge in [-0.2, -0.15) is 17.4 Å². The summed E-state index contributed by atoms with van der Waals surface area (Å²) in [5.41, 5.74) is 0.784. The lowest BCUT2D eigenvalue weighted by atomic mass is 10.2. The van der Waals surface area contributed by atoms with Gasteiger partial charge in [-0.25, -0.2) is 0 Å². The van der Waals surface area contributed by atoms with E-state index >= 15 is 0 Å². The van der Waals surface area contributed by atoms with E-state index in [1.807, 2.05) is 30.3 Å². The number of carbonyl (C=O) groups is 1. The van der Waals surface area contributed by atoms with Crippen LogP contribution in [0.1, 0.15) is 0 Å². The van der Waals surface area contributed by atoms with Gasteiger partial charge in [-0.3, -0.25) is 4.79 Å². The first-order valence-electron chi connectivity index (χ1n) is 6.54. The number of anilines is 1. The number of para-hydroxylation sites is 1. The Labute approximate surface area is 124 Å². The molecule has 8 heteroatoms. The highest BCUT2D eigenvalue weighted by atomic mass is 32.2. The van der Waals surface area contributed by atoms with Crippen molar-refractivity contribution in [2.75, 3.05) is 38.7 Å². The topological polar surface area (TPSA) is 79.0 Å². The minimum Gasteiger partial charge on any atom is -0.365 e. The molecule has 1 unspecified atom stereocenters. The number of morpholine rings is 1. The highest BCUT2D eigenvalue weighted by Crippen LogP contribution is 2.17. The van der Waals surface area contributed by atoms with Crippen LogP contribution in [0.2, 0.25) is 0 Å². The van der Waals surface area contributed by atoms with E-state index in [2.05, 4.69) is 4.72 Å². The van der Waals surface area contributed by atoms with E-state index in [-0.39, 0.29) is 25.2 Å². The molecule has 1 heterocycles. The second kappa shape index (κ2) is 6.52. The van der Waals surface area contributed by atoms with Gasteiger partial charge in [0.1, 0.15) is 6.61 Å². The number of hydrogen-bond acceptors (Lipinski definition) is 4. The molecule has 1 aromatic carbocycles. The smallest absolute Gasteiger partial charge is 0.279 e. The standard InChI is InChI=1S/C13H19N3O4S/c1-15(2)21(18,19)14-8-12-9-16(13(17)10-20-12)11-6-4-3-5-7-11/h3-7,12,14H,8-10H2,1-2H3. The van der Waals surface area contributed by atoms with Crippen LogP contribution in [-0.2, 0) is 19.7 Å². The number of hydrogen-bond donors (Lipinski definition) is 1. The zero-order chi connectivity index (χ0) is 15.5. The molecular weight excluding hydrogens is 294 g/mol. The quantitative estimate of drug-likeness (QED) is 0.817. The van der Waals surface area contributed by atoms with Gasteiger partial charge < -0.3 is 9.64 Å². The van der Waals surface area contributed by atoms with Gasteiger partial charge in [0.25, 0.3) is 16.1 Å². The molecule has 1 saturated heterocycles. The number of nitrogens with one attached hydrogen (secondary N) is 1. The maximum Gasteiger partial charge on any atom is 0.279 e. The van der Waals surface area contributed by atoms with Gasteiger partial charge in [0.15, 0.2) is 0 Å². The molecule has 0 aromatic heterocycles. The fourth-order valence-corrected chi connectivity index (χ4v) is 2.59. The van der Waals surface area contributed by atoms with Crippen molar-refractivity contribution in [3.05, 3.63) is 30.3 Å². The third-order valence-corrected chi connectivity index (χ3v) is 4.66. The van der Waals surface area contributed by atoms with Crippen LogP contribution in [0.4, 0.5) is 5.69 Å². The molecule has 0 aliphatic carbocycles. The van der Waals surface area contributed by atoms with Gasteiger partial charge in [-0.15, -0.1) is 0 Å². The number of amides is 1. The van der Waals surface area contributed by atoms with E-state index in [9.17, 15) is 13.2 Å². The molecule has 116 valence electrons. The van der Waals surface area contributed by atoms with Gasteiger partial charge >= 0.3 is 0 Å². The molecule has 1 atom stereocenters. The number of nitrogens with zero attached hydrogens (tertiary/aromatic N) is 2. The van der Waals surface area contributed by atoms with Crippen LogP contribution in [0.3, 0.4) is 0 Å². The third-order valence-electron chi connectivity index (χ3n) is 3.17. The molecule has 7 nitrogen and oxygen atoms in total. The minimum atomic E-state index is -3.49. The normalized spacial score (nSPS) is 20.0. The predicted molar refractivity (Wildman–Crippen MR) is 79.1 cm³/mol. The van der Waals surface area contributed by atoms with Crippen molar-refractivity contribution in [3.8, 4) is 0 Å². The van der Waals surface area contributed by atoms with Crippen molar-refractivity contribution in [1.29, 1.82) is 0 Å². The highest BCUT2D eigenvalue weighted by Gasteiger charge is 2.28. The maximum atomic E-state index is 11.9. The monoisotopic (exact) mass is 313 g/mol. The van der Waals surface area contributed by atoms with Crippen molar-refractivity contribution in [2.45, 2.75) is 6.10 Å². The Hall–Kier alpha value is -1.48. The Morgan fingerprint density at radius 2 is 2.00 bits per heavy atom. The largest absolute Gasteiger partial charge is 0.365 e. The van der Waals surface area contributed by atoms with Crippen molar-refractivity contribution < 1.29 is 17.9 Å². The van der Waals surface area contributed by atoms with Crippen LogP contribution in [-0.4, -0.2) is 58.5 Å². The van der Waals surface area contributed by atoms with Gasteiger partial charge in [-0.1, -0.05) is 18.2 Å². The summed E-state index contributed by atoms with van der Waals surface area (Å²) in [5, 5.41) is 0. The van der Waals surface area contributed by atoms with Crippen molar-refractivity contribution in [3.63, 3.8) is 0 Å². The molecule has 0 radical (unpaired) electrons. The Morgan fingerprint density at radius 1 is 1.33 bits per heavy atom. The Morgan fingerprint density at radius 3 is 2.62 bits per heavy atom. The fraction of sp³-hybridized carbons (Fsp3) is 0.462. The molecule has 0 saturated carbocycles. The van der Waals surface area contributed by atoms with Crippen LogP contribution in [0.15, 0.2) is 30.3 Å². The molecule has 1 fully saturated rings. The summed E-state index contributed by atoms with van der Waals surface area (Å²) in [6.45, 7) is 0.388. The molecule has 1 aromatic rings. The van der Waals surface area contributed by atoms with E-state index in [1.165, 1.54) is 14.1 Å². The first-order chi connectivity index (χ1) is 9.90. The van der Waals surface area contributed by atoms with Crippen LogP contribution in [0.5, 0.6) is 0 Å². The molecule has 0 spiro atoms. The van der Waals surface area contributed by atoms with E-state index in [0.717, 1.165) is 9.99 Å². The molecule has 1 amide bonds. The average molecular weight is 313 g/mol. The molecular formula is C13H19N3O4S. The summed E-state index contributed by atoms with van der Waals surface area (Å²) in [5.74, 6) is -0.132. The lowest BCUT2D eigenvalue weighted by molar-refractivity contribution is -0.129. The summed E-state index contributed by atoms with van der Waals surface area (Å²) >= 11 is 0.